The van der Waals surface area contributed by atoms with E-state index in [-0.39, 0.29) is 12.5 Å². The molecule has 138 valence electrons. The summed E-state index contributed by atoms with van der Waals surface area (Å²) in [6, 6.07) is 15.3. The van der Waals surface area contributed by atoms with Crippen LogP contribution in [0, 0.1) is 6.92 Å². The van der Waals surface area contributed by atoms with E-state index in [4.69, 9.17) is 0 Å². The van der Waals surface area contributed by atoms with Gasteiger partial charge < -0.3 is 5.32 Å². The number of carbonyl (C=O) groups is 1. The van der Waals surface area contributed by atoms with Crippen molar-refractivity contribution in [2.45, 2.75) is 33.2 Å². The molecule has 0 unspecified atom stereocenters. The van der Waals surface area contributed by atoms with Gasteiger partial charge in [0.25, 0.3) is 0 Å². The average molecular weight is 362 g/mol. The van der Waals surface area contributed by atoms with Crippen molar-refractivity contribution in [1.29, 1.82) is 0 Å². The number of amides is 1. The molecule has 0 saturated heterocycles. The summed E-state index contributed by atoms with van der Waals surface area (Å²) in [7, 11) is 0. The molecule has 0 bridgehead atoms. The summed E-state index contributed by atoms with van der Waals surface area (Å²) in [6.45, 7) is 6.02. The van der Waals surface area contributed by atoms with Gasteiger partial charge in [-0.3, -0.25) is 4.79 Å². The second-order valence-electron chi connectivity index (χ2n) is 6.77. The Labute approximate surface area is 157 Å². The fourth-order valence-corrected chi connectivity index (χ4v) is 2.62. The van der Waals surface area contributed by atoms with Crippen LogP contribution >= 0.6 is 0 Å². The minimum absolute atomic E-state index is 0.189. The van der Waals surface area contributed by atoms with Crippen molar-refractivity contribution in [2.75, 3.05) is 5.32 Å². The molecular formula is C21H22N4O2. The molecule has 6 nitrogen and oxygen atoms in total. The molecule has 0 aliphatic carbocycles. The number of anilines is 1. The largest absolute Gasteiger partial charge is 0.365 e. The molecule has 0 saturated carbocycles. The molecule has 1 heterocycles. The van der Waals surface area contributed by atoms with Gasteiger partial charge in [0, 0.05) is 11.3 Å². The van der Waals surface area contributed by atoms with Crippen LogP contribution < -0.4 is 11.0 Å². The Morgan fingerprint density at radius 1 is 1.07 bits per heavy atom. The monoisotopic (exact) mass is 362 g/mol. The van der Waals surface area contributed by atoms with Crippen LogP contribution in [0.3, 0.4) is 0 Å². The topological polar surface area (TPSA) is 76.9 Å². The number of aryl methyl sites for hydroxylation is 1. The molecule has 1 aromatic heterocycles. The van der Waals surface area contributed by atoms with Crippen LogP contribution in [-0.2, 0) is 11.3 Å². The van der Waals surface area contributed by atoms with Gasteiger partial charge in [-0.15, -0.1) is 0 Å². The Balaban J connectivity index is 1.69. The maximum Gasteiger partial charge on any atom is 0.365 e. The van der Waals surface area contributed by atoms with E-state index in [0.29, 0.717) is 17.3 Å². The van der Waals surface area contributed by atoms with Crippen LogP contribution in [-0.4, -0.2) is 20.7 Å². The molecule has 0 spiro atoms. The highest BCUT2D eigenvalue weighted by molar-refractivity contribution is 5.90. The maximum atomic E-state index is 12.2. The zero-order valence-electron chi connectivity index (χ0n) is 15.6. The molecule has 0 atom stereocenters. The minimum Gasteiger partial charge on any atom is -0.324 e. The van der Waals surface area contributed by atoms with Gasteiger partial charge in [0.05, 0.1) is 11.9 Å². The van der Waals surface area contributed by atoms with Crippen molar-refractivity contribution in [3.63, 3.8) is 0 Å². The van der Waals surface area contributed by atoms with Gasteiger partial charge in [-0.05, 0) is 30.5 Å². The second kappa shape index (κ2) is 7.95. The van der Waals surface area contributed by atoms with Gasteiger partial charge in [-0.2, -0.15) is 10.1 Å². The highest BCUT2D eigenvalue weighted by Crippen LogP contribution is 2.17. The first kappa shape index (κ1) is 18.5. The normalized spacial score (nSPS) is 10.8. The number of carbonyl (C=O) groups excluding carboxylic acids is 1. The Hall–Kier alpha value is -3.28. The fraction of sp³-hybridized carbons (Fsp3) is 0.238. The molecule has 1 amide bonds. The van der Waals surface area contributed by atoms with Gasteiger partial charge in [-0.1, -0.05) is 55.8 Å². The number of nitrogens with zero attached hydrogens (tertiary/aromatic N) is 3. The Kier molecular flexibility index (Phi) is 5.45. The van der Waals surface area contributed by atoms with Gasteiger partial charge >= 0.3 is 5.69 Å². The summed E-state index contributed by atoms with van der Waals surface area (Å²) in [4.78, 5) is 28.4. The van der Waals surface area contributed by atoms with Crippen molar-refractivity contribution in [3.05, 3.63) is 76.3 Å². The number of rotatable bonds is 5. The SMILES string of the molecule is Cc1ccc(-c2cnn(CC(=O)Nc3ccc(C(C)C)cc3)c(=O)n2)cc1. The molecule has 3 rings (SSSR count). The highest BCUT2D eigenvalue weighted by Gasteiger charge is 2.09. The third kappa shape index (κ3) is 4.67. The zero-order valence-corrected chi connectivity index (χ0v) is 15.6. The summed E-state index contributed by atoms with van der Waals surface area (Å²) in [5.41, 5.74) is 3.74. The molecule has 2 aromatic carbocycles. The smallest absolute Gasteiger partial charge is 0.324 e. The lowest BCUT2D eigenvalue weighted by molar-refractivity contribution is -0.117. The molecule has 6 heteroatoms. The van der Waals surface area contributed by atoms with Crippen LogP contribution in [0.1, 0.15) is 30.9 Å². The molecule has 1 N–H and O–H groups in total. The van der Waals surface area contributed by atoms with E-state index in [1.807, 2.05) is 55.5 Å². The maximum absolute atomic E-state index is 12.2. The van der Waals surface area contributed by atoms with Gasteiger partial charge in [0.15, 0.2) is 0 Å². The molecule has 27 heavy (non-hydrogen) atoms. The van der Waals surface area contributed by atoms with Gasteiger partial charge in [0.1, 0.15) is 6.54 Å². The lowest BCUT2D eigenvalue weighted by atomic mass is 10.0. The summed E-state index contributed by atoms with van der Waals surface area (Å²) in [5.74, 6) is 0.0995. The van der Waals surface area contributed by atoms with Crippen molar-refractivity contribution >= 4 is 11.6 Å². The number of aromatic nitrogens is 3. The van der Waals surface area contributed by atoms with E-state index >= 15 is 0 Å². The summed E-state index contributed by atoms with van der Waals surface area (Å²) < 4.78 is 1.05. The van der Waals surface area contributed by atoms with E-state index in [1.165, 1.54) is 11.8 Å². The number of hydrogen-bond donors (Lipinski definition) is 1. The van der Waals surface area contributed by atoms with E-state index in [1.54, 1.807) is 0 Å². The third-order valence-corrected chi connectivity index (χ3v) is 4.26. The van der Waals surface area contributed by atoms with E-state index < -0.39 is 5.69 Å². The lowest BCUT2D eigenvalue weighted by Crippen LogP contribution is -2.31. The predicted molar refractivity (Wildman–Crippen MR) is 106 cm³/mol. The quantitative estimate of drug-likeness (QED) is 0.755. The zero-order chi connectivity index (χ0) is 19.4. The first-order valence-corrected chi connectivity index (χ1v) is 8.83. The van der Waals surface area contributed by atoms with Crippen molar-refractivity contribution in [3.8, 4) is 11.3 Å². The minimum atomic E-state index is -0.557. The van der Waals surface area contributed by atoms with Crippen LogP contribution in [0.2, 0.25) is 0 Å². The summed E-state index contributed by atoms with van der Waals surface area (Å²) in [6.07, 6.45) is 1.50. The molecule has 3 aromatic rings. The summed E-state index contributed by atoms with van der Waals surface area (Å²) >= 11 is 0. The third-order valence-electron chi connectivity index (χ3n) is 4.26. The molecule has 0 aliphatic rings. The van der Waals surface area contributed by atoms with Gasteiger partial charge in [0.2, 0.25) is 5.91 Å². The lowest BCUT2D eigenvalue weighted by Gasteiger charge is -2.09. The number of benzene rings is 2. The van der Waals surface area contributed by atoms with Crippen LogP contribution in [0.15, 0.2) is 59.5 Å². The van der Waals surface area contributed by atoms with Crippen molar-refractivity contribution in [1.82, 2.24) is 14.8 Å². The standard InChI is InChI=1S/C21H22N4O2/c1-14(2)16-8-10-18(11-9-16)23-20(26)13-25-21(27)24-19(12-22-25)17-6-4-15(3)5-7-17/h4-12,14H,13H2,1-3H3,(H,23,26). The Morgan fingerprint density at radius 2 is 1.74 bits per heavy atom. The second-order valence-corrected chi connectivity index (χ2v) is 6.77. The van der Waals surface area contributed by atoms with E-state index in [0.717, 1.165) is 15.8 Å². The van der Waals surface area contributed by atoms with Crippen LogP contribution in [0.25, 0.3) is 11.3 Å². The van der Waals surface area contributed by atoms with E-state index in [2.05, 4.69) is 29.2 Å². The number of hydrogen-bond acceptors (Lipinski definition) is 4. The summed E-state index contributed by atoms with van der Waals surface area (Å²) in [5, 5.41) is 6.85. The van der Waals surface area contributed by atoms with Crippen molar-refractivity contribution in [2.24, 2.45) is 0 Å². The highest BCUT2D eigenvalue weighted by atomic mass is 16.2. The first-order valence-electron chi connectivity index (χ1n) is 8.83. The number of nitrogens with one attached hydrogen (secondary N) is 1. The van der Waals surface area contributed by atoms with Gasteiger partial charge in [-0.25, -0.2) is 9.48 Å². The van der Waals surface area contributed by atoms with E-state index in [9.17, 15) is 9.59 Å². The van der Waals surface area contributed by atoms with Crippen LogP contribution in [0.5, 0.6) is 0 Å². The molecule has 0 radical (unpaired) electrons. The molecular weight excluding hydrogens is 340 g/mol. The molecule has 0 aliphatic heterocycles. The Bertz CT molecular complexity index is 990. The average Bonchev–Trinajstić information content (AvgIpc) is 2.64. The van der Waals surface area contributed by atoms with Crippen LogP contribution in [0.4, 0.5) is 5.69 Å². The fourth-order valence-electron chi connectivity index (χ4n) is 2.62. The predicted octanol–water partition coefficient (Wildman–Crippen LogP) is 3.38. The molecule has 0 fully saturated rings. The first-order chi connectivity index (χ1) is 12.9. The Morgan fingerprint density at radius 3 is 2.33 bits per heavy atom. The van der Waals surface area contributed by atoms with Crippen molar-refractivity contribution < 1.29 is 4.79 Å².